The number of aliphatic hydroxyl groups is 1. The molecule has 106 valence electrons. The van der Waals surface area contributed by atoms with Gasteiger partial charge in [0.05, 0.1) is 11.3 Å². The molecule has 0 radical (unpaired) electrons. The molecule has 1 amide bonds. The molecular formula is C14H18N4O2. The zero-order valence-corrected chi connectivity index (χ0v) is 11.8. The van der Waals surface area contributed by atoms with Gasteiger partial charge in [0.2, 0.25) is 0 Å². The normalized spacial score (nSPS) is 11.4. The Hall–Kier alpha value is -2.21. The van der Waals surface area contributed by atoms with Crippen LogP contribution in [0.5, 0.6) is 0 Å². The molecule has 0 aliphatic rings. The van der Waals surface area contributed by atoms with E-state index >= 15 is 0 Å². The number of likely N-dealkylation sites (N-methyl/N-ethyl adjacent to an activating group) is 1. The zero-order chi connectivity index (χ0) is 14.8. The van der Waals surface area contributed by atoms with Crippen LogP contribution in [0.1, 0.15) is 24.2 Å². The Kier molecular flexibility index (Phi) is 3.85. The summed E-state index contributed by atoms with van der Waals surface area (Å²) in [5.41, 5.74) is 0.392. The second-order valence-electron chi connectivity index (χ2n) is 5.36. The number of amides is 1. The van der Waals surface area contributed by atoms with Gasteiger partial charge in [-0.1, -0.05) is 6.07 Å². The van der Waals surface area contributed by atoms with E-state index in [9.17, 15) is 9.90 Å². The number of hydrogen-bond donors (Lipinski definition) is 1. The van der Waals surface area contributed by atoms with E-state index in [1.54, 1.807) is 50.1 Å². The zero-order valence-electron chi connectivity index (χ0n) is 11.8. The molecule has 1 N–H and O–H groups in total. The molecule has 1 heterocycles. The highest BCUT2D eigenvalue weighted by Crippen LogP contribution is 2.12. The van der Waals surface area contributed by atoms with Gasteiger partial charge in [0, 0.05) is 19.2 Å². The molecule has 2 rings (SSSR count). The first-order chi connectivity index (χ1) is 9.37. The van der Waals surface area contributed by atoms with Crippen molar-refractivity contribution in [2.45, 2.75) is 19.4 Å². The van der Waals surface area contributed by atoms with Crippen molar-refractivity contribution < 1.29 is 9.90 Å². The maximum absolute atomic E-state index is 12.3. The first kappa shape index (κ1) is 14.2. The standard InChI is InChI=1S/C14H18N4O2/c1-14(2,20)8-17(3)13(19)11-5-4-6-12(7-11)18-10-15-9-16-18/h4-7,9-10,20H,8H2,1-3H3. The average molecular weight is 274 g/mol. The van der Waals surface area contributed by atoms with Crippen molar-refractivity contribution in [1.82, 2.24) is 19.7 Å². The summed E-state index contributed by atoms with van der Waals surface area (Å²) < 4.78 is 1.59. The summed E-state index contributed by atoms with van der Waals surface area (Å²) in [6.07, 6.45) is 3.01. The topological polar surface area (TPSA) is 71.2 Å². The van der Waals surface area contributed by atoms with E-state index in [0.717, 1.165) is 5.69 Å². The molecule has 1 aromatic heterocycles. The Morgan fingerprint density at radius 2 is 2.20 bits per heavy atom. The summed E-state index contributed by atoms with van der Waals surface area (Å²) >= 11 is 0. The van der Waals surface area contributed by atoms with E-state index in [0.29, 0.717) is 5.56 Å². The number of nitrogens with zero attached hydrogens (tertiary/aromatic N) is 4. The maximum atomic E-state index is 12.3. The SMILES string of the molecule is CN(CC(C)(C)O)C(=O)c1cccc(-n2cncn2)c1. The van der Waals surface area contributed by atoms with Gasteiger partial charge in [-0.15, -0.1) is 0 Å². The minimum absolute atomic E-state index is 0.144. The fraction of sp³-hybridized carbons (Fsp3) is 0.357. The lowest BCUT2D eigenvalue weighted by Gasteiger charge is -2.25. The summed E-state index contributed by atoms with van der Waals surface area (Å²) in [5.74, 6) is -0.144. The third kappa shape index (κ3) is 3.42. The number of hydrogen-bond acceptors (Lipinski definition) is 4. The molecule has 0 atom stereocenters. The van der Waals surface area contributed by atoms with Gasteiger partial charge < -0.3 is 10.0 Å². The van der Waals surface area contributed by atoms with Gasteiger partial charge in [-0.05, 0) is 32.0 Å². The van der Waals surface area contributed by atoms with Gasteiger partial charge in [0.1, 0.15) is 12.7 Å². The first-order valence-corrected chi connectivity index (χ1v) is 6.30. The van der Waals surface area contributed by atoms with Crippen LogP contribution < -0.4 is 0 Å². The molecule has 2 aromatic rings. The van der Waals surface area contributed by atoms with Crippen molar-refractivity contribution in [3.8, 4) is 5.69 Å². The van der Waals surface area contributed by atoms with E-state index in [-0.39, 0.29) is 12.5 Å². The van der Waals surface area contributed by atoms with Crippen LogP contribution in [0, 0.1) is 0 Å². The van der Waals surface area contributed by atoms with Crippen LogP contribution >= 0.6 is 0 Å². The fourth-order valence-electron chi connectivity index (χ4n) is 2.00. The molecule has 20 heavy (non-hydrogen) atoms. The third-order valence-corrected chi connectivity index (χ3v) is 2.75. The molecule has 6 nitrogen and oxygen atoms in total. The van der Waals surface area contributed by atoms with Crippen LogP contribution in [0.25, 0.3) is 5.69 Å². The number of rotatable bonds is 4. The molecule has 0 saturated carbocycles. The molecule has 1 aromatic carbocycles. The van der Waals surface area contributed by atoms with Crippen LogP contribution in [-0.2, 0) is 0 Å². The van der Waals surface area contributed by atoms with Gasteiger partial charge in [0.15, 0.2) is 0 Å². The van der Waals surface area contributed by atoms with Gasteiger partial charge in [-0.3, -0.25) is 4.79 Å². The Bertz CT molecular complexity index is 587. The smallest absolute Gasteiger partial charge is 0.253 e. The highest BCUT2D eigenvalue weighted by atomic mass is 16.3. The minimum Gasteiger partial charge on any atom is -0.389 e. The lowest BCUT2D eigenvalue weighted by atomic mass is 10.1. The highest BCUT2D eigenvalue weighted by Gasteiger charge is 2.20. The van der Waals surface area contributed by atoms with Crippen molar-refractivity contribution >= 4 is 5.91 Å². The van der Waals surface area contributed by atoms with Crippen molar-refractivity contribution in [3.63, 3.8) is 0 Å². The molecule has 0 unspecified atom stereocenters. The number of carbonyl (C=O) groups excluding carboxylic acids is 1. The monoisotopic (exact) mass is 274 g/mol. The Labute approximate surface area is 117 Å². The highest BCUT2D eigenvalue weighted by molar-refractivity contribution is 5.94. The van der Waals surface area contributed by atoms with Crippen LogP contribution in [0.3, 0.4) is 0 Å². The molecule has 0 spiro atoms. The average Bonchev–Trinajstić information content (AvgIpc) is 2.90. The minimum atomic E-state index is -0.923. The molecule has 0 saturated heterocycles. The van der Waals surface area contributed by atoms with E-state index in [1.165, 1.54) is 11.2 Å². The van der Waals surface area contributed by atoms with Crippen LogP contribution in [0.15, 0.2) is 36.9 Å². The summed E-state index contributed by atoms with van der Waals surface area (Å²) in [7, 11) is 1.67. The number of carbonyl (C=O) groups is 1. The molecule has 0 fully saturated rings. The van der Waals surface area contributed by atoms with Crippen molar-refractivity contribution in [3.05, 3.63) is 42.5 Å². The molecule has 0 bridgehead atoms. The van der Waals surface area contributed by atoms with Gasteiger partial charge in [-0.2, -0.15) is 5.10 Å². The largest absolute Gasteiger partial charge is 0.389 e. The third-order valence-electron chi connectivity index (χ3n) is 2.75. The predicted octanol–water partition coefficient (Wildman–Crippen LogP) is 1.11. The van der Waals surface area contributed by atoms with E-state index in [1.807, 2.05) is 6.07 Å². The number of aromatic nitrogens is 3. The summed E-state index contributed by atoms with van der Waals surface area (Å²) in [6.45, 7) is 3.60. The lowest BCUT2D eigenvalue weighted by Crippen LogP contribution is -2.39. The molecular weight excluding hydrogens is 256 g/mol. The lowest BCUT2D eigenvalue weighted by molar-refractivity contribution is 0.0368. The Morgan fingerprint density at radius 1 is 1.45 bits per heavy atom. The quantitative estimate of drug-likeness (QED) is 0.906. The predicted molar refractivity (Wildman–Crippen MR) is 74.6 cm³/mol. The van der Waals surface area contributed by atoms with Gasteiger partial charge in [-0.25, -0.2) is 9.67 Å². The van der Waals surface area contributed by atoms with E-state index < -0.39 is 5.60 Å². The Morgan fingerprint density at radius 3 is 2.80 bits per heavy atom. The van der Waals surface area contributed by atoms with Gasteiger partial charge in [0.25, 0.3) is 5.91 Å². The summed E-state index contributed by atoms with van der Waals surface area (Å²) in [5, 5.41) is 13.8. The van der Waals surface area contributed by atoms with Crippen molar-refractivity contribution in [2.75, 3.05) is 13.6 Å². The van der Waals surface area contributed by atoms with E-state index in [2.05, 4.69) is 10.1 Å². The Balaban J connectivity index is 2.21. The van der Waals surface area contributed by atoms with Crippen LogP contribution in [0.4, 0.5) is 0 Å². The second-order valence-corrected chi connectivity index (χ2v) is 5.36. The fourth-order valence-corrected chi connectivity index (χ4v) is 2.00. The van der Waals surface area contributed by atoms with Crippen LogP contribution in [0.2, 0.25) is 0 Å². The number of benzene rings is 1. The van der Waals surface area contributed by atoms with Crippen molar-refractivity contribution in [2.24, 2.45) is 0 Å². The first-order valence-electron chi connectivity index (χ1n) is 6.30. The molecule has 0 aliphatic heterocycles. The van der Waals surface area contributed by atoms with Crippen molar-refractivity contribution in [1.29, 1.82) is 0 Å². The summed E-state index contributed by atoms with van der Waals surface area (Å²) in [6, 6.07) is 7.13. The summed E-state index contributed by atoms with van der Waals surface area (Å²) in [4.78, 5) is 17.7. The van der Waals surface area contributed by atoms with Crippen LogP contribution in [-0.4, -0.2) is 49.9 Å². The van der Waals surface area contributed by atoms with E-state index in [4.69, 9.17) is 0 Å². The second kappa shape index (κ2) is 5.42. The molecule has 0 aliphatic carbocycles. The molecule has 6 heteroatoms. The maximum Gasteiger partial charge on any atom is 0.253 e. The van der Waals surface area contributed by atoms with Gasteiger partial charge >= 0.3 is 0 Å².